The van der Waals surface area contributed by atoms with Crippen molar-refractivity contribution in [1.82, 2.24) is 15.1 Å². The van der Waals surface area contributed by atoms with Crippen LogP contribution in [0.3, 0.4) is 0 Å². The lowest BCUT2D eigenvalue weighted by atomic mass is 10.1. The molecule has 0 atom stereocenters. The minimum Gasteiger partial charge on any atom is -0.469 e. The highest BCUT2D eigenvalue weighted by Gasteiger charge is 2.18. The van der Waals surface area contributed by atoms with E-state index in [0.717, 1.165) is 5.52 Å². The number of ether oxygens (including phenoxy) is 1. The van der Waals surface area contributed by atoms with Gasteiger partial charge in [-0.3, -0.25) is 14.7 Å². The Hall–Kier alpha value is -2.57. The van der Waals surface area contributed by atoms with Crippen LogP contribution in [-0.2, 0) is 9.53 Å². The van der Waals surface area contributed by atoms with Crippen molar-refractivity contribution in [2.24, 2.45) is 0 Å². The van der Waals surface area contributed by atoms with Gasteiger partial charge >= 0.3 is 5.97 Å². The third kappa shape index (κ3) is 3.31. The standard InChI is InChI=1S/C14H18N4O3/c1-18(7-3-4-12(19)21-2)14(20)13-10-8-9(15)5-6-11(10)16-17-13/h5-6,8H,3-4,7,15H2,1-2H3,(H,16,17). The second-order valence-electron chi connectivity index (χ2n) is 4.78. The highest BCUT2D eigenvalue weighted by Crippen LogP contribution is 2.20. The molecule has 0 radical (unpaired) electrons. The van der Waals surface area contributed by atoms with Crippen LogP contribution in [0.4, 0.5) is 5.69 Å². The normalized spacial score (nSPS) is 10.6. The number of H-pyrrole nitrogens is 1. The van der Waals surface area contributed by atoms with Gasteiger partial charge in [0.25, 0.3) is 5.91 Å². The summed E-state index contributed by atoms with van der Waals surface area (Å²) in [5.74, 6) is -0.495. The summed E-state index contributed by atoms with van der Waals surface area (Å²) in [7, 11) is 3.02. The van der Waals surface area contributed by atoms with Crippen molar-refractivity contribution in [3.05, 3.63) is 23.9 Å². The molecule has 1 heterocycles. The Labute approximate surface area is 122 Å². The van der Waals surface area contributed by atoms with E-state index in [1.807, 2.05) is 0 Å². The number of fused-ring (bicyclic) bond motifs is 1. The third-order valence-corrected chi connectivity index (χ3v) is 3.24. The minimum absolute atomic E-state index is 0.211. The van der Waals surface area contributed by atoms with Crippen molar-refractivity contribution in [3.63, 3.8) is 0 Å². The van der Waals surface area contributed by atoms with Crippen LogP contribution in [0, 0.1) is 0 Å². The van der Waals surface area contributed by atoms with E-state index in [0.29, 0.717) is 29.7 Å². The van der Waals surface area contributed by atoms with Crippen LogP contribution in [0.25, 0.3) is 10.9 Å². The Morgan fingerprint density at radius 3 is 2.90 bits per heavy atom. The maximum absolute atomic E-state index is 12.4. The summed E-state index contributed by atoms with van der Waals surface area (Å²) in [6.07, 6.45) is 0.821. The SMILES string of the molecule is COC(=O)CCCN(C)C(=O)c1n[nH]c2ccc(N)cc12. The van der Waals surface area contributed by atoms with Gasteiger partial charge in [-0.25, -0.2) is 0 Å². The number of nitrogens with one attached hydrogen (secondary N) is 1. The first-order valence-corrected chi connectivity index (χ1v) is 6.59. The van der Waals surface area contributed by atoms with Gasteiger partial charge < -0.3 is 15.4 Å². The third-order valence-electron chi connectivity index (χ3n) is 3.24. The van der Waals surface area contributed by atoms with Gasteiger partial charge in [-0.2, -0.15) is 5.10 Å². The fourth-order valence-corrected chi connectivity index (χ4v) is 2.04. The van der Waals surface area contributed by atoms with Crippen molar-refractivity contribution in [3.8, 4) is 0 Å². The number of nitrogen functional groups attached to an aromatic ring is 1. The molecule has 0 aliphatic heterocycles. The average molecular weight is 290 g/mol. The number of anilines is 1. The van der Waals surface area contributed by atoms with Crippen LogP contribution in [0.2, 0.25) is 0 Å². The molecule has 0 bridgehead atoms. The van der Waals surface area contributed by atoms with Gasteiger partial charge in [0.1, 0.15) is 0 Å². The van der Waals surface area contributed by atoms with Crippen LogP contribution in [0.1, 0.15) is 23.3 Å². The van der Waals surface area contributed by atoms with Crippen LogP contribution in [0.5, 0.6) is 0 Å². The second kappa shape index (κ2) is 6.25. The zero-order valence-corrected chi connectivity index (χ0v) is 12.0. The molecule has 0 aliphatic carbocycles. The molecular formula is C14H18N4O3. The Morgan fingerprint density at radius 1 is 1.43 bits per heavy atom. The van der Waals surface area contributed by atoms with E-state index in [2.05, 4.69) is 14.9 Å². The number of amides is 1. The van der Waals surface area contributed by atoms with Crippen molar-refractivity contribution in [2.45, 2.75) is 12.8 Å². The lowest BCUT2D eigenvalue weighted by molar-refractivity contribution is -0.140. The van der Waals surface area contributed by atoms with Gasteiger partial charge in [0.05, 0.1) is 12.6 Å². The summed E-state index contributed by atoms with van der Waals surface area (Å²) in [6.45, 7) is 0.449. The molecule has 7 nitrogen and oxygen atoms in total. The van der Waals surface area contributed by atoms with E-state index in [9.17, 15) is 9.59 Å². The molecule has 2 aromatic rings. The zero-order valence-electron chi connectivity index (χ0n) is 12.0. The Balaban J connectivity index is 2.07. The fraction of sp³-hybridized carbons (Fsp3) is 0.357. The van der Waals surface area contributed by atoms with E-state index in [1.165, 1.54) is 12.0 Å². The number of hydrogen-bond donors (Lipinski definition) is 2. The smallest absolute Gasteiger partial charge is 0.305 e. The lowest BCUT2D eigenvalue weighted by Gasteiger charge is -2.15. The van der Waals surface area contributed by atoms with Crippen molar-refractivity contribution < 1.29 is 14.3 Å². The molecule has 0 unspecified atom stereocenters. The van der Waals surface area contributed by atoms with Gasteiger partial charge in [-0.05, 0) is 24.6 Å². The number of rotatable bonds is 5. The molecule has 0 saturated heterocycles. The second-order valence-corrected chi connectivity index (χ2v) is 4.78. The Kier molecular flexibility index (Phi) is 4.42. The summed E-state index contributed by atoms with van der Waals surface area (Å²) in [4.78, 5) is 24.9. The van der Waals surface area contributed by atoms with Crippen LogP contribution in [-0.4, -0.2) is 47.7 Å². The highest BCUT2D eigenvalue weighted by atomic mass is 16.5. The number of aromatic nitrogens is 2. The maximum Gasteiger partial charge on any atom is 0.305 e. The number of carbonyl (C=O) groups is 2. The summed E-state index contributed by atoms with van der Waals surface area (Å²) in [5.41, 5.74) is 7.41. The van der Waals surface area contributed by atoms with E-state index in [1.54, 1.807) is 25.2 Å². The first-order valence-electron chi connectivity index (χ1n) is 6.59. The molecule has 0 fully saturated rings. The van der Waals surface area contributed by atoms with Crippen molar-refractivity contribution in [1.29, 1.82) is 0 Å². The van der Waals surface area contributed by atoms with Crippen LogP contribution in [0.15, 0.2) is 18.2 Å². The molecule has 3 N–H and O–H groups in total. The quantitative estimate of drug-likeness (QED) is 0.636. The molecule has 112 valence electrons. The number of carbonyl (C=O) groups excluding carboxylic acids is 2. The van der Waals surface area contributed by atoms with Gasteiger partial charge in [-0.1, -0.05) is 0 Å². The topological polar surface area (TPSA) is 101 Å². The molecule has 2 rings (SSSR count). The van der Waals surface area contributed by atoms with Crippen LogP contribution < -0.4 is 5.73 Å². The number of esters is 1. The molecule has 0 spiro atoms. The fourth-order valence-electron chi connectivity index (χ4n) is 2.04. The molecule has 0 aliphatic rings. The molecule has 21 heavy (non-hydrogen) atoms. The van der Waals surface area contributed by atoms with E-state index in [4.69, 9.17) is 5.73 Å². The number of benzene rings is 1. The van der Waals surface area contributed by atoms with Gasteiger partial charge in [0.2, 0.25) is 0 Å². The summed E-state index contributed by atoms with van der Waals surface area (Å²) in [6, 6.07) is 5.24. The van der Waals surface area contributed by atoms with Gasteiger partial charge in [-0.15, -0.1) is 0 Å². The Morgan fingerprint density at radius 2 is 2.19 bits per heavy atom. The predicted octanol–water partition coefficient (Wildman–Crippen LogP) is 1.17. The van der Waals surface area contributed by atoms with Crippen molar-refractivity contribution in [2.75, 3.05) is 26.4 Å². The summed E-state index contributed by atoms with van der Waals surface area (Å²) < 4.78 is 4.56. The molecule has 1 aromatic heterocycles. The van der Waals surface area contributed by atoms with E-state index in [-0.39, 0.29) is 18.3 Å². The summed E-state index contributed by atoms with van der Waals surface area (Å²) in [5, 5.41) is 7.56. The van der Waals surface area contributed by atoms with E-state index < -0.39 is 0 Å². The first-order chi connectivity index (χ1) is 10.0. The highest BCUT2D eigenvalue weighted by molar-refractivity contribution is 6.05. The molecule has 7 heteroatoms. The Bertz CT molecular complexity index is 665. The first kappa shape index (κ1) is 14.8. The number of hydrogen-bond acceptors (Lipinski definition) is 5. The minimum atomic E-state index is -0.283. The average Bonchev–Trinajstić information content (AvgIpc) is 2.88. The predicted molar refractivity (Wildman–Crippen MR) is 78.7 cm³/mol. The molecule has 1 amide bonds. The number of nitrogens with zero attached hydrogens (tertiary/aromatic N) is 2. The molecule has 0 saturated carbocycles. The number of aromatic amines is 1. The zero-order chi connectivity index (χ0) is 15.4. The monoisotopic (exact) mass is 290 g/mol. The molecule has 1 aromatic carbocycles. The summed E-state index contributed by atoms with van der Waals surface area (Å²) >= 11 is 0. The maximum atomic E-state index is 12.4. The van der Waals surface area contributed by atoms with Crippen molar-refractivity contribution >= 4 is 28.5 Å². The lowest BCUT2D eigenvalue weighted by Crippen LogP contribution is -2.28. The molecular weight excluding hydrogens is 272 g/mol. The van der Waals surface area contributed by atoms with E-state index >= 15 is 0 Å². The van der Waals surface area contributed by atoms with Crippen LogP contribution >= 0.6 is 0 Å². The van der Waals surface area contributed by atoms with Gasteiger partial charge in [0, 0.05) is 31.1 Å². The number of methoxy groups -OCH3 is 1. The number of nitrogens with two attached hydrogens (primary N) is 1. The van der Waals surface area contributed by atoms with Gasteiger partial charge in [0.15, 0.2) is 5.69 Å². The largest absolute Gasteiger partial charge is 0.469 e.